The Morgan fingerprint density at radius 1 is 1.41 bits per heavy atom. The molecule has 0 bridgehead atoms. The summed E-state index contributed by atoms with van der Waals surface area (Å²) < 4.78 is 16.0. The fourth-order valence-corrected chi connectivity index (χ4v) is 2.17. The van der Waals surface area contributed by atoms with Crippen LogP contribution in [0.15, 0.2) is 18.2 Å². The number of benzene rings is 1. The van der Waals surface area contributed by atoms with Crippen LogP contribution >= 0.6 is 12.2 Å². The van der Waals surface area contributed by atoms with Crippen LogP contribution in [0.5, 0.6) is 11.5 Å². The molecule has 1 amide bonds. The summed E-state index contributed by atoms with van der Waals surface area (Å²) in [5.74, 6) is 0.907. The minimum Gasteiger partial charge on any atom is -0.493 e. The normalized spacial score (nSPS) is 14.3. The molecular weight excluding hydrogens is 306 g/mol. The molecule has 0 atom stereocenters. The van der Waals surface area contributed by atoms with E-state index in [2.05, 4.69) is 5.32 Å². The summed E-state index contributed by atoms with van der Waals surface area (Å²) >= 11 is 4.78. The van der Waals surface area contributed by atoms with Gasteiger partial charge in [-0.2, -0.15) is 0 Å². The highest BCUT2D eigenvalue weighted by Crippen LogP contribution is 2.30. The van der Waals surface area contributed by atoms with Gasteiger partial charge in [0, 0.05) is 24.8 Å². The van der Waals surface area contributed by atoms with Gasteiger partial charge in [-0.15, -0.1) is 0 Å². The predicted molar refractivity (Wildman–Crippen MR) is 86.3 cm³/mol. The first-order valence-corrected chi connectivity index (χ1v) is 7.24. The lowest BCUT2D eigenvalue weighted by molar-refractivity contribution is -0.137. The largest absolute Gasteiger partial charge is 0.493 e. The van der Waals surface area contributed by atoms with Crippen molar-refractivity contribution >= 4 is 28.9 Å². The number of methoxy groups -OCH3 is 1. The van der Waals surface area contributed by atoms with E-state index < -0.39 is 0 Å². The van der Waals surface area contributed by atoms with E-state index in [9.17, 15) is 4.79 Å². The third-order valence-electron chi connectivity index (χ3n) is 3.15. The number of thiocarbonyl (C=S) groups is 1. The van der Waals surface area contributed by atoms with Gasteiger partial charge in [0.05, 0.1) is 20.3 Å². The number of carbonyl (C=O) groups is 1. The molecule has 1 aromatic rings. The average Bonchev–Trinajstić information content (AvgIpc) is 2.53. The van der Waals surface area contributed by atoms with Crippen LogP contribution in [0.25, 0.3) is 0 Å². The van der Waals surface area contributed by atoms with Crippen LogP contribution < -0.4 is 20.5 Å². The number of nitrogens with two attached hydrogens (primary N) is 1. The van der Waals surface area contributed by atoms with Crippen molar-refractivity contribution in [2.45, 2.75) is 0 Å². The fourth-order valence-electron chi connectivity index (χ4n) is 2.05. The summed E-state index contributed by atoms with van der Waals surface area (Å²) in [4.78, 5) is 13.8. The molecule has 1 heterocycles. The highest BCUT2D eigenvalue weighted by atomic mass is 32.1. The van der Waals surface area contributed by atoms with Gasteiger partial charge in [0.15, 0.2) is 23.2 Å². The van der Waals surface area contributed by atoms with E-state index in [4.69, 9.17) is 32.2 Å². The molecule has 1 saturated heterocycles. The van der Waals surface area contributed by atoms with Gasteiger partial charge in [0.2, 0.25) is 0 Å². The van der Waals surface area contributed by atoms with Crippen molar-refractivity contribution in [1.82, 2.24) is 4.90 Å². The van der Waals surface area contributed by atoms with E-state index in [1.54, 1.807) is 23.1 Å². The molecule has 0 saturated carbocycles. The van der Waals surface area contributed by atoms with E-state index in [1.165, 1.54) is 7.11 Å². The van der Waals surface area contributed by atoms with Crippen molar-refractivity contribution in [3.63, 3.8) is 0 Å². The highest BCUT2D eigenvalue weighted by molar-refractivity contribution is 7.80. The molecular formula is C14H19N3O4S. The number of morpholine rings is 1. The quantitative estimate of drug-likeness (QED) is 0.766. The maximum atomic E-state index is 12.0. The van der Waals surface area contributed by atoms with Gasteiger partial charge in [0.1, 0.15) is 0 Å². The van der Waals surface area contributed by atoms with Crippen LogP contribution in [0, 0.1) is 0 Å². The maximum Gasteiger partial charge on any atom is 0.260 e. The lowest BCUT2D eigenvalue weighted by atomic mass is 10.2. The number of amides is 1. The van der Waals surface area contributed by atoms with Crippen molar-refractivity contribution in [3.8, 4) is 11.5 Å². The maximum absolute atomic E-state index is 12.0. The number of anilines is 1. The number of nitrogens with one attached hydrogen (secondary N) is 1. The van der Waals surface area contributed by atoms with E-state index in [-0.39, 0.29) is 17.6 Å². The fraction of sp³-hybridized carbons (Fsp3) is 0.429. The number of hydrogen-bond acceptors (Lipinski definition) is 5. The molecule has 1 aliphatic rings. The summed E-state index contributed by atoms with van der Waals surface area (Å²) in [5, 5.41) is 2.97. The average molecular weight is 325 g/mol. The molecule has 2 rings (SSSR count). The molecule has 22 heavy (non-hydrogen) atoms. The second-order valence-corrected chi connectivity index (χ2v) is 5.08. The summed E-state index contributed by atoms with van der Waals surface area (Å²) in [6.45, 7) is 2.27. The number of nitrogens with zero attached hydrogens (tertiary/aromatic N) is 1. The van der Waals surface area contributed by atoms with E-state index in [1.807, 2.05) is 0 Å². The van der Waals surface area contributed by atoms with Crippen molar-refractivity contribution < 1.29 is 19.0 Å². The van der Waals surface area contributed by atoms with Crippen LogP contribution in [0.1, 0.15) is 0 Å². The first kappa shape index (κ1) is 16.3. The number of hydrogen-bond donors (Lipinski definition) is 2. The molecule has 1 aromatic carbocycles. The molecule has 1 fully saturated rings. The topological polar surface area (TPSA) is 86.1 Å². The Morgan fingerprint density at radius 3 is 2.77 bits per heavy atom. The smallest absolute Gasteiger partial charge is 0.260 e. The van der Waals surface area contributed by atoms with Crippen molar-refractivity contribution in [1.29, 1.82) is 0 Å². The van der Waals surface area contributed by atoms with E-state index in [0.29, 0.717) is 43.5 Å². The second-order valence-electron chi connectivity index (χ2n) is 4.64. The SMILES string of the molecule is COc1cc(NC(N)=S)ccc1OCC(=O)N1CCOCC1. The van der Waals surface area contributed by atoms with Crippen LogP contribution in [-0.2, 0) is 9.53 Å². The van der Waals surface area contributed by atoms with E-state index >= 15 is 0 Å². The van der Waals surface area contributed by atoms with Gasteiger partial charge in [-0.25, -0.2) is 0 Å². The molecule has 0 aromatic heterocycles. The van der Waals surface area contributed by atoms with E-state index in [0.717, 1.165) is 0 Å². The van der Waals surface area contributed by atoms with Crippen LogP contribution in [0.3, 0.4) is 0 Å². The Bertz CT molecular complexity index is 547. The molecule has 7 nitrogen and oxygen atoms in total. The minimum atomic E-state index is -0.0734. The molecule has 0 unspecified atom stereocenters. The summed E-state index contributed by atoms with van der Waals surface area (Å²) in [7, 11) is 1.52. The Morgan fingerprint density at radius 2 is 2.14 bits per heavy atom. The van der Waals surface area contributed by atoms with Gasteiger partial charge in [-0.3, -0.25) is 4.79 Å². The highest BCUT2D eigenvalue weighted by Gasteiger charge is 2.18. The Balaban J connectivity index is 1.96. The number of carbonyl (C=O) groups excluding carboxylic acids is 1. The van der Waals surface area contributed by atoms with Gasteiger partial charge >= 0.3 is 0 Å². The molecule has 1 aliphatic heterocycles. The predicted octanol–water partition coefficient (Wildman–Crippen LogP) is 0.588. The zero-order chi connectivity index (χ0) is 15.9. The van der Waals surface area contributed by atoms with Gasteiger partial charge in [-0.05, 0) is 24.4 Å². The lowest BCUT2D eigenvalue weighted by Gasteiger charge is -2.26. The third-order valence-corrected chi connectivity index (χ3v) is 3.25. The first-order chi connectivity index (χ1) is 10.6. The Hall–Kier alpha value is -2.06. The van der Waals surface area contributed by atoms with Crippen molar-refractivity contribution in [2.24, 2.45) is 5.73 Å². The molecule has 120 valence electrons. The lowest BCUT2D eigenvalue weighted by Crippen LogP contribution is -2.43. The summed E-state index contributed by atoms with van der Waals surface area (Å²) in [6, 6.07) is 5.15. The van der Waals surface area contributed by atoms with Gasteiger partial charge in [-0.1, -0.05) is 0 Å². The zero-order valence-electron chi connectivity index (χ0n) is 12.3. The number of rotatable bonds is 5. The molecule has 8 heteroatoms. The zero-order valence-corrected chi connectivity index (χ0v) is 13.1. The Kier molecular flexibility index (Phi) is 5.79. The van der Waals surface area contributed by atoms with Gasteiger partial charge < -0.3 is 30.2 Å². The van der Waals surface area contributed by atoms with Crippen molar-refractivity contribution in [2.75, 3.05) is 45.3 Å². The molecule has 0 aliphatic carbocycles. The van der Waals surface area contributed by atoms with Gasteiger partial charge in [0.25, 0.3) is 5.91 Å². The molecule has 3 N–H and O–H groups in total. The third kappa shape index (κ3) is 4.47. The second kappa shape index (κ2) is 7.81. The van der Waals surface area contributed by atoms with Crippen molar-refractivity contribution in [3.05, 3.63) is 18.2 Å². The molecule has 0 radical (unpaired) electrons. The summed E-state index contributed by atoms with van der Waals surface area (Å²) in [6.07, 6.45) is 0. The number of ether oxygens (including phenoxy) is 3. The first-order valence-electron chi connectivity index (χ1n) is 6.83. The monoisotopic (exact) mass is 325 g/mol. The van der Waals surface area contributed by atoms with Crippen LogP contribution in [-0.4, -0.2) is 55.9 Å². The minimum absolute atomic E-state index is 0.0432. The van der Waals surface area contributed by atoms with Crippen LogP contribution in [0.2, 0.25) is 0 Å². The Labute approximate surface area is 134 Å². The summed E-state index contributed by atoms with van der Waals surface area (Å²) in [5.41, 5.74) is 6.11. The van der Waals surface area contributed by atoms with Crippen LogP contribution in [0.4, 0.5) is 5.69 Å². The molecule has 0 spiro atoms. The standard InChI is InChI=1S/C14H19N3O4S/c1-19-12-8-10(16-14(15)22)2-3-11(12)21-9-13(18)17-4-6-20-7-5-17/h2-3,8H,4-7,9H2,1H3,(H3,15,16,22).